The Labute approximate surface area is 125 Å². The molecule has 20 heavy (non-hydrogen) atoms. The average Bonchev–Trinajstić information content (AvgIpc) is 2.86. The molecule has 0 atom stereocenters. The molecule has 0 aliphatic rings. The van der Waals surface area contributed by atoms with Crippen LogP contribution in [0.2, 0.25) is 0 Å². The maximum Gasteiger partial charge on any atom is 0.346 e. The van der Waals surface area contributed by atoms with Gasteiger partial charge >= 0.3 is 5.97 Å². The van der Waals surface area contributed by atoms with E-state index >= 15 is 0 Å². The first-order chi connectivity index (χ1) is 9.49. The molecule has 0 unspecified atom stereocenters. The smallest absolute Gasteiger partial charge is 0.346 e. The molecule has 8 heteroatoms. The summed E-state index contributed by atoms with van der Waals surface area (Å²) < 4.78 is 6.02. The lowest BCUT2D eigenvalue weighted by Gasteiger charge is -2.07. The van der Waals surface area contributed by atoms with E-state index in [1.807, 2.05) is 0 Å². The Balaban J connectivity index is 2.18. The molecule has 2 rings (SSSR count). The van der Waals surface area contributed by atoms with Gasteiger partial charge in [-0.15, -0.1) is 11.3 Å². The molecule has 0 radical (unpaired) electrons. The van der Waals surface area contributed by atoms with Crippen LogP contribution in [0.1, 0.15) is 15.2 Å². The largest absolute Gasteiger partial charge is 0.487 e. The lowest BCUT2D eigenvalue weighted by molar-refractivity contribution is -0.385. The summed E-state index contributed by atoms with van der Waals surface area (Å²) in [6, 6.07) is 5.81. The second-order valence-corrected chi connectivity index (χ2v) is 5.51. The van der Waals surface area contributed by atoms with Crippen molar-refractivity contribution in [2.45, 2.75) is 6.61 Å². The van der Waals surface area contributed by atoms with Gasteiger partial charge in [0.05, 0.1) is 15.5 Å². The van der Waals surface area contributed by atoms with Crippen LogP contribution < -0.4 is 4.74 Å². The number of carbonyl (C=O) groups is 1. The van der Waals surface area contributed by atoms with Gasteiger partial charge in [-0.1, -0.05) is 0 Å². The summed E-state index contributed by atoms with van der Waals surface area (Å²) >= 11 is 4.34. The van der Waals surface area contributed by atoms with Crippen molar-refractivity contribution in [3.05, 3.63) is 54.7 Å². The molecule has 0 amide bonds. The quantitative estimate of drug-likeness (QED) is 0.650. The van der Waals surface area contributed by atoms with E-state index in [1.165, 1.54) is 18.2 Å². The van der Waals surface area contributed by atoms with Crippen LogP contribution in [-0.4, -0.2) is 16.0 Å². The maximum atomic E-state index is 11.0. The van der Waals surface area contributed by atoms with Crippen molar-refractivity contribution in [1.29, 1.82) is 0 Å². The lowest BCUT2D eigenvalue weighted by Crippen LogP contribution is -2.02. The van der Waals surface area contributed by atoms with Crippen molar-refractivity contribution < 1.29 is 19.6 Å². The van der Waals surface area contributed by atoms with Gasteiger partial charge in [0.15, 0.2) is 0 Å². The molecule has 1 N–H and O–H groups in total. The van der Waals surface area contributed by atoms with Gasteiger partial charge in [-0.25, -0.2) is 4.79 Å². The van der Waals surface area contributed by atoms with E-state index in [0.717, 1.165) is 11.3 Å². The highest BCUT2D eigenvalue weighted by molar-refractivity contribution is 9.10. The van der Waals surface area contributed by atoms with Gasteiger partial charge < -0.3 is 9.84 Å². The number of non-ortho nitro benzene ring substituents is 1. The van der Waals surface area contributed by atoms with Gasteiger partial charge in [0, 0.05) is 11.6 Å². The Kier molecular flexibility index (Phi) is 4.35. The third-order valence-corrected chi connectivity index (χ3v) is 4.05. The summed E-state index contributed by atoms with van der Waals surface area (Å²) in [6.07, 6.45) is 0. The summed E-state index contributed by atoms with van der Waals surface area (Å²) in [4.78, 5) is 21.3. The van der Waals surface area contributed by atoms with Crippen molar-refractivity contribution in [3.63, 3.8) is 0 Å². The van der Waals surface area contributed by atoms with E-state index in [2.05, 4.69) is 15.9 Å². The van der Waals surface area contributed by atoms with Crippen molar-refractivity contribution in [2.24, 2.45) is 0 Å². The van der Waals surface area contributed by atoms with Crippen molar-refractivity contribution in [2.75, 3.05) is 0 Å². The number of aromatic carboxylic acids is 1. The number of nitro groups is 1. The second-order valence-electron chi connectivity index (χ2n) is 3.74. The summed E-state index contributed by atoms with van der Waals surface area (Å²) in [5.74, 6) is -0.724. The highest BCUT2D eigenvalue weighted by Gasteiger charge is 2.14. The number of nitro benzene ring substituents is 1. The minimum Gasteiger partial charge on any atom is -0.487 e. The number of benzene rings is 1. The van der Waals surface area contributed by atoms with Crippen LogP contribution in [0.25, 0.3) is 0 Å². The Bertz CT molecular complexity index is 670. The number of halogens is 1. The first-order valence-corrected chi connectivity index (χ1v) is 7.02. The fourth-order valence-corrected chi connectivity index (χ4v) is 2.62. The predicted molar refractivity (Wildman–Crippen MR) is 76.4 cm³/mol. The summed E-state index contributed by atoms with van der Waals surface area (Å²) in [5.41, 5.74) is 0.438. The van der Waals surface area contributed by atoms with E-state index in [-0.39, 0.29) is 17.2 Å². The normalized spacial score (nSPS) is 10.2. The topological polar surface area (TPSA) is 89.7 Å². The zero-order valence-corrected chi connectivity index (χ0v) is 12.3. The molecule has 104 valence electrons. The van der Waals surface area contributed by atoms with Gasteiger partial charge in [0.1, 0.15) is 17.2 Å². The maximum absolute atomic E-state index is 11.0. The molecule has 1 aromatic heterocycles. The minimum absolute atomic E-state index is 0.0326. The number of thiophene rings is 1. The summed E-state index contributed by atoms with van der Waals surface area (Å²) in [7, 11) is 0. The number of hydrogen-bond donors (Lipinski definition) is 1. The molecule has 6 nitrogen and oxygen atoms in total. The standard InChI is InChI=1S/C12H8BrNO5S/c13-9-2-1-8(14(17)18)5-10(9)19-6-7-3-4-20-11(7)12(15)16/h1-5H,6H2,(H,15,16). The van der Waals surface area contributed by atoms with E-state index < -0.39 is 10.9 Å². The fraction of sp³-hybridized carbons (Fsp3) is 0.0833. The zero-order chi connectivity index (χ0) is 14.7. The van der Waals surface area contributed by atoms with Crippen molar-refractivity contribution >= 4 is 38.9 Å². The first-order valence-electron chi connectivity index (χ1n) is 5.35. The van der Waals surface area contributed by atoms with Crippen LogP contribution in [0.5, 0.6) is 5.75 Å². The molecule has 0 fully saturated rings. The second kappa shape index (κ2) is 6.02. The predicted octanol–water partition coefficient (Wildman–Crippen LogP) is 3.70. The Morgan fingerprint density at radius 1 is 1.45 bits per heavy atom. The SMILES string of the molecule is O=C(O)c1sccc1COc1cc([N+](=O)[O-])ccc1Br. The van der Waals surface area contributed by atoms with Gasteiger partial charge in [0.2, 0.25) is 0 Å². The van der Waals surface area contributed by atoms with E-state index in [9.17, 15) is 14.9 Å². The molecule has 0 spiro atoms. The van der Waals surface area contributed by atoms with Gasteiger partial charge in [-0.3, -0.25) is 10.1 Å². The number of nitrogens with zero attached hydrogens (tertiary/aromatic N) is 1. The molecular formula is C12H8BrNO5S. The van der Waals surface area contributed by atoms with E-state index in [4.69, 9.17) is 9.84 Å². The van der Waals surface area contributed by atoms with Crippen LogP contribution in [0.4, 0.5) is 5.69 Å². The Morgan fingerprint density at radius 3 is 2.85 bits per heavy atom. The highest BCUT2D eigenvalue weighted by Crippen LogP contribution is 2.30. The molecule has 2 aromatic rings. The Hall–Kier alpha value is -1.93. The molecule has 0 aliphatic heterocycles. The highest BCUT2D eigenvalue weighted by atomic mass is 79.9. The third kappa shape index (κ3) is 3.14. The zero-order valence-electron chi connectivity index (χ0n) is 9.91. The number of hydrogen-bond acceptors (Lipinski definition) is 5. The molecule has 0 aliphatic carbocycles. The van der Waals surface area contributed by atoms with Crippen LogP contribution >= 0.6 is 27.3 Å². The minimum atomic E-state index is -1.02. The third-order valence-electron chi connectivity index (χ3n) is 2.45. The summed E-state index contributed by atoms with van der Waals surface area (Å²) in [5, 5.41) is 21.3. The van der Waals surface area contributed by atoms with E-state index in [1.54, 1.807) is 11.4 Å². The van der Waals surface area contributed by atoms with E-state index in [0.29, 0.717) is 15.8 Å². The molecule has 1 heterocycles. The van der Waals surface area contributed by atoms with Crippen molar-refractivity contribution in [3.8, 4) is 5.75 Å². The number of rotatable bonds is 5. The average molecular weight is 358 g/mol. The van der Waals surface area contributed by atoms with Gasteiger partial charge in [-0.2, -0.15) is 0 Å². The fourth-order valence-electron chi connectivity index (χ4n) is 1.51. The van der Waals surface area contributed by atoms with Crippen LogP contribution in [-0.2, 0) is 6.61 Å². The number of ether oxygens (including phenoxy) is 1. The lowest BCUT2D eigenvalue weighted by atomic mass is 10.2. The van der Waals surface area contributed by atoms with Gasteiger partial charge in [-0.05, 0) is 33.4 Å². The molecular weight excluding hydrogens is 350 g/mol. The van der Waals surface area contributed by atoms with Gasteiger partial charge in [0.25, 0.3) is 5.69 Å². The summed E-state index contributed by atoms with van der Waals surface area (Å²) in [6.45, 7) is 0.0326. The molecule has 1 aromatic carbocycles. The molecule has 0 bridgehead atoms. The molecule has 0 saturated carbocycles. The monoisotopic (exact) mass is 357 g/mol. The molecule has 0 saturated heterocycles. The number of carboxylic acids is 1. The van der Waals surface area contributed by atoms with Crippen LogP contribution in [0.15, 0.2) is 34.1 Å². The Morgan fingerprint density at radius 2 is 2.20 bits per heavy atom. The number of carboxylic acid groups (broad SMARTS) is 1. The first kappa shape index (κ1) is 14.5. The van der Waals surface area contributed by atoms with Crippen molar-refractivity contribution in [1.82, 2.24) is 0 Å². The van der Waals surface area contributed by atoms with Crippen LogP contribution in [0, 0.1) is 10.1 Å². The van der Waals surface area contributed by atoms with Crippen LogP contribution in [0.3, 0.4) is 0 Å².